The molecule has 2 amide bonds. The summed E-state index contributed by atoms with van der Waals surface area (Å²) < 4.78 is 22.7. The highest BCUT2D eigenvalue weighted by atomic mass is 32.2. The topological polar surface area (TPSA) is 104 Å². The van der Waals surface area contributed by atoms with E-state index in [2.05, 4.69) is 5.32 Å². The number of hydrogen-bond donors (Lipinski definition) is 2. The lowest BCUT2D eigenvalue weighted by Crippen LogP contribution is -2.56. The van der Waals surface area contributed by atoms with Crippen molar-refractivity contribution in [2.75, 3.05) is 18.1 Å². The highest BCUT2D eigenvalue weighted by Crippen LogP contribution is 2.24. The molecule has 2 fully saturated rings. The van der Waals surface area contributed by atoms with Gasteiger partial charge in [0.05, 0.1) is 11.5 Å². The average molecular weight is 304 g/mol. The lowest BCUT2D eigenvalue weighted by atomic mass is 9.91. The summed E-state index contributed by atoms with van der Waals surface area (Å²) >= 11 is 0. The van der Waals surface area contributed by atoms with Crippen molar-refractivity contribution < 1.29 is 23.1 Å². The molecule has 2 saturated heterocycles. The number of hydrogen-bond acceptors (Lipinski definition) is 4. The molecule has 2 rings (SSSR count). The fourth-order valence-electron chi connectivity index (χ4n) is 2.96. The highest BCUT2D eigenvalue weighted by Gasteiger charge is 2.38. The predicted molar refractivity (Wildman–Crippen MR) is 72.1 cm³/mol. The van der Waals surface area contributed by atoms with Crippen LogP contribution in [-0.2, 0) is 14.6 Å². The van der Waals surface area contributed by atoms with Crippen LogP contribution in [0.5, 0.6) is 0 Å². The van der Waals surface area contributed by atoms with Crippen LogP contribution in [0.25, 0.3) is 0 Å². The molecule has 0 spiro atoms. The van der Waals surface area contributed by atoms with E-state index in [1.165, 1.54) is 4.90 Å². The van der Waals surface area contributed by atoms with Crippen LogP contribution in [0.3, 0.4) is 0 Å². The third-order valence-electron chi connectivity index (χ3n) is 4.01. The van der Waals surface area contributed by atoms with E-state index in [1.807, 2.05) is 6.92 Å². The summed E-state index contributed by atoms with van der Waals surface area (Å²) in [5, 5.41) is 11.9. The van der Waals surface area contributed by atoms with Gasteiger partial charge < -0.3 is 15.3 Å². The Morgan fingerprint density at radius 2 is 2.00 bits per heavy atom. The van der Waals surface area contributed by atoms with Gasteiger partial charge in [0.2, 0.25) is 0 Å². The van der Waals surface area contributed by atoms with Gasteiger partial charge in [0.15, 0.2) is 9.84 Å². The van der Waals surface area contributed by atoms with Crippen molar-refractivity contribution in [1.82, 2.24) is 10.2 Å². The summed E-state index contributed by atoms with van der Waals surface area (Å²) in [6.07, 6.45) is 1.94. The Kier molecular flexibility index (Phi) is 4.22. The second-order valence-electron chi connectivity index (χ2n) is 5.65. The van der Waals surface area contributed by atoms with Crippen molar-refractivity contribution in [3.63, 3.8) is 0 Å². The van der Waals surface area contributed by atoms with E-state index in [9.17, 15) is 23.1 Å². The maximum atomic E-state index is 12.2. The van der Waals surface area contributed by atoms with Gasteiger partial charge in [0.1, 0.15) is 6.04 Å². The largest absolute Gasteiger partial charge is 0.480 e. The molecule has 0 aromatic carbocycles. The van der Waals surface area contributed by atoms with Crippen molar-refractivity contribution in [1.29, 1.82) is 0 Å². The molecule has 0 aromatic heterocycles. The Morgan fingerprint density at radius 1 is 1.30 bits per heavy atom. The van der Waals surface area contributed by atoms with Gasteiger partial charge in [-0.05, 0) is 25.2 Å². The first-order valence-corrected chi connectivity index (χ1v) is 8.62. The third-order valence-corrected chi connectivity index (χ3v) is 5.78. The number of carboxylic acid groups (broad SMARTS) is 1. The maximum absolute atomic E-state index is 12.2. The first kappa shape index (κ1) is 15.1. The van der Waals surface area contributed by atoms with E-state index in [-0.39, 0.29) is 17.4 Å². The fourth-order valence-corrected chi connectivity index (χ4v) is 4.63. The van der Waals surface area contributed by atoms with Crippen LogP contribution >= 0.6 is 0 Å². The zero-order valence-corrected chi connectivity index (χ0v) is 12.2. The number of carbonyl (C=O) groups is 2. The van der Waals surface area contributed by atoms with Gasteiger partial charge in [-0.15, -0.1) is 0 Å². The van der Waals surface area contributed by atoms with Crippen LogP contribution in [0.4, 0.5) is 4.79 Å². The van der Waals surface area contributed by atoms with Crippen molar-refractivity contribution in [2.24, 2.45) is 5.92 Å². The van der Waals surface area contributed by atoms with Gasteiger partial charge in [0.25, 0.3) is 0 Å². The zero-order valence-electron chi connectivity index (χ0n) is 11.4. The molecule has 2 aliphatic rings. The van der Waals surface area contributed by atoms with E-state index in [4.69, 9.17) is 0 Å². The average Bonchev–Trinajstić information content (AvgIpc) is 2.67. The smallest absolute Gasteiger partial charge is 0.326 e. The maximum Gasteiger partial charge on any atom is 0.326 e. The van der Waals surface area contributed by atoms with E-state index < -0.39 is 33.9 Å². The molecule has 0 radical (unpaired) electrons. The molecule has 2 heterocycles. The molecule has 0 saturated carbocycles. The number of sulfone groups is 1. The first-order valence-electron chi connectivity index (χ1n) is 6.80. The lowest BCUT2D eigenvalue weighted by molar-refractivity contribution is -0.145. The summed E-state index contributed by atoms with van der Waals surface area (Å²) in [7, 11) is -3.06. The standard InChI is InChI=1S/C12H20N2O5S/c1-8-3-2-5-14(10(8)11(15)16)12(17)13-9-4-6-20(18,19)7-9/h8-10H,2-7H2,1H3,(H,13,17)(H,15,16). The molecule has 3 atom stereocenters. The Bertz CT molecular complexity index is 504. The second kappa shape index (κ2) is 5.59. The minimum Gasteiger partial charge on any atom is -0.480 e. The summed E-state index contributed by atoms with van der Waals surface area (Å²) in [6, 6.07) is -1.70. The first-order chi connectivity index (χ1) is 9.30. The number of amides is 2. The van der Waals surface area contributed by atoms with E-state index in [0.29, 0.717) is 13.0 Å². The van der Waals surface area contributed by atoms with Gasteiger partial charge >= 0.3 is 12.0 Å². The molecular weight excluding hydrogens is 284 g/mol. The molecule has 0 bridgehead atoms. The van der Waals surface area contributed by atoms with Gasteiger partial charge in [-0.25, -0.2) is 18.0 Å². The summed E-state index contributed by atoms with van der Waals surface area (Å²) in [6.45, 7) is 2.21. The van der Waals surface area contributed by atoms with Crippen molar-refractivity contribution in [3.8, 4) is 0 Å². The van der Waals surface area contributed by atoms with E-state index in [1.54, 1.807) is 0 Å². The number of aliphatic carboxylic acids is 1. The number of piperidine rings is 1. The number of rotatable bonds is 2. The van der Waals surface area contributed by atoms with Crippen LogP contribution in [0, 0.1) is 5.92 Å². The molecular formula is C12H20N2O5S. The van der Waals surface area contributed by atoms with Crippen LogP contribution < -0.4 is 5.32 Å². The number of nitrogens with zero attached hydrogens (tertiary/aromatic N) is 1. The number of carbonyl (C=O) groups excluding carboxylic acids is 1. The van der Waals surface area contributed by atoms with Gasteiger partial charge in [-0.2, -0.15) is 0 Å². The van der Waals surface area contributed by atoms with Crippen molar-refractivity contribution in [2.45, 2.75) is 38.3 Å². The minimum absolute atomic E-state index is 0.0557. The molecule has 0 aliphatic carbocycles. The monoisotopic (exact) mass is 304 g/mol. The minimum atomic E-state index is -3.06. The van der Waals surface area contributed by atoms with Crippen molar-refractivity contribution >= 4 is 21.8 Å². The molecule has 0 aromatic rings. The van der Waals surface area contributed by atoms with Gasteiger partial charge in [-0.3, -0.25) is 0 Å². The van der Waals surface area contributed by atoms with Crippen LogP contribution in [0.2, 0.25) is 0 Å². The Hall–Kier alpha value is -1.31. The number of likely N-dealkylation sites (tertiary alicyclic amines) is 1. The quantitative estimate of drug-likeness (QED) is 0.751. The SMILES string of the molecule is CC1CCCN(C(=O)NC2CCS(=O)(=O)C2)C1C(=O)O. The summed E-state index contributed by atoms with van der Waals surface area (Å²) in [4.78, 5) is 24.8. The molecule has 2 aliphatic heterocycles. The number of nitrogens with one attached hydrogen (secondary N) is 1. The molecule has 20 heavy (non-hydrogen) atoms. The Balaban J connectivity index is 2.02. The molecule has 114 valence electrons. The molecule has 7 nitrogen and oxygen atoms in total. The fraction of sp³-hybridized carbons (Fsp3) is 0.833. The van der Waals surface area contributed by atoms with Crippen LogP contribution in [-0.4, -0.2) is 60.6 Å². The van der Waals surface area contributed by atoms with Crippen LogP contribution in [0.15, 0.2) is 0 Å². The zero-order chi connectivity index (χ0) is 14.9. The van der Waals surface area contributed by atoms with E-state index >= 15 is 0 Å². The predicted octanol–water partition coefficient (Wildman–Crippen LogP) is 0.0682. The van der Waals surface area contributed by atoms with Gasteiger partial charge in [-0.1, -0.05) is 6.92 Å². The Labute approximate surface area is 118 Å². The molecule has 3 unspecified atom stereocenters. The van der Waals surface area contributed by atoms with Gasteiger partial charge in [0, 0.05) is 12.6 Å². The highest BCUT2D eigenvalue weighted by molar-refractivity contribution is 7.91. The number of urea groups is 1. The molecule has 2 N–H and O–H groups in total. The van der Waals surface area contributed by atoms with Crippen molar-refractivity contribution in [3.05, 3.63) is 0 Å². The summed E-state index contributed by atoms with van der Waals surface area (Å²) in [5.41, 5.74) is 0. The Morgan fingerprint density at radius 3 is 2.55 bits per heavy atom. The normalized spacial score (nSPS) is 32.9. The lowest BCUT2D eigenvalue weighted by Gasteiger charge is -2.37. The van der Waals surface area contributed by atoms with E-state index in [0.717, 1.165) is 12.8 Å². The summed E-state index contributed by atoms with van der Waals surface area (Å²) in [5.74, 6) is -1.08. The molecule has 8 heteroatoms. The third kappa shape index (κ3) is 3.23. The van der Waals surface area contributed by atoms with Crippen LogP contribution in [0.1, 0.15) is 26.2 Å². The second-order valence-corrected chi connectivity index (χ2v) is 7.87. The number of carboxylic acids is 1.